The summed E-state index contributed by atoms with van der Waals surface area (Å²) in [5.41, 5.74) is -0.393. The number of amides is 1. The molecule has 5 heteroatoms. The van der Waals surface area contributed by atoms with Crippen LogP contribution in [0.5, 0.6) is 5.75 Å². The number of ether oxygens (including phenoxy) is 1. The predicted molar refractivity (Wildman–Crippen MR) is 61.8 cm³/mol. The Morgan fingerprint density at radius 2 is 2.19 bits per heavy atom. The zero-order valence-electron chi connectivity index (χ0n) is 8.57. The minimum atomic E-state index is -0.920. The molecule has 84 valence electrons. The van der Waals surface area contributed by atoms with Gasteiger partial charge in [-0.1, -0.05) is 12.1 Å². The lowest BCUT2D eigenvalue weighted by Crippen LogP contribution is -2.07. The second-order valence-corrected chi connectivity index (χ2v) is 3.17. The first-order valence-electron chi connectivity index (χ1n) is 4.53. The molecule has 0 radical (unpaired) electrons. The van der Waals surface area contributed by atoms with Crippen LogP contribution in [0.3, 0.4) is 0 Å². The fourth-order valence-electron chi connectivity index (χ4n) is 1.07. The summed E-state index contributed by atoms with van der Waals surface area (Å²) >= 11 is 5.06. The summed E-state index contributed by atoms with van der Waals surface area (Å²) in [7, 11) is 0. The second-order valence-electron chi connectivity index (χ2n) is 2.86. The molecular formula is C11H10ClNO3. The van der Waals surface area contributed by atoms with Crippen molar-refractivity contribution in [1.29, 1.82) is 0 Å². The van der Waals surface area contributed by atoms with Gasteiger partial charge in [0.25, 0.3) is 0 Å². The van der Waals surface area contributed by atoms with Crippen molar-refractivity contribution in [2.45, 2.75) is 6.92 Å². The molecule has 0 aliphatic rings. The first-order valence-corrected chi connectivity index (χ1v) is 4.90. The largest absolute Gasteiger partial charge is 0.414 e. The van der Waals surface area contributed by atoms with Gasteiger partial charge in [0.1, 0.15) is 5.75 Å². The molecule has 0 unspecified atom stereocenters. The highest BCUT2D eigenvalue weighted by Crippen LogP contribution is 2.18. The topological polar surface area (TPSA) is 55.4 Å². The van der Waals surface area contributed by atoms with Gasteiger partial charge in [0.15, 0.2) is 0 Å². The highest BCUT2D eigenvalue weighted by molar-refractivity contribution is 6.61. The standard InChI is InChI=1S/C11H10ClNO3/c1-2-4-10(14)13-8-5-3-6-9(7-8)16-11(12)15/h2-7H,1H3,(H,13,14)/b4-2+. The van der Waals surface area contributed by atoms with Crippen LogP contribution in [0, 0.1) is 0 Å². The molecule has 1 N–H and O–H groups in total. The first kappa shape index (κ1) is 12.3. The summed E-state index contributed by atoms with van der Waals surface area (Å²) in [6.07, 6.45) is 3.01. The Morgan fingerprint density at radius 1 is 1.44 bits per heavy atom. The predicted octanol–water partition coefficient (Wildman–Crippen LogP) is 2.94. The molecule has 0 aliphatic heterocycles. The van der Waals surface area contributed by atoms with E-state index in [9.17, 15) is 9.59 Å². The van der Waals surface area contributed by atoms with Gasteiger partial charge >= 0.3 is 5.43 Å². The number of benzene rings is 1. The molecule has 0 aromatic heterocycles. The Kier molecular flexibility index (Phi) is 4.54. The van der Waals surface area contributed by atoms with E-state index in [1.54, 1.807) is 31.2 Å². The van der Waals surface area contributed by atoms with Gasteiger partial charge in [0.05, 0.1) is 0 Å². The average molecular weight is 240 g/mol. The lowest BCUT2D eigenvalue weighted by molar-refractivity contribution is -0.111. The van der Waals surface area contributed by atoms with E-state index in [1.165, 1.54) is 12.1 Å². The second kappa shape index (κ2) is 5.92. The Bertz CT molecular complexity index is 429. The van der Waals surface area contributed by atoms with Crippen molar-refractivity contribution >= 4 is 28.6 Å². The molecule has 0 saturated heterocycles. The van der Waals surface area contributed by atoms with Crippen molar-refractivity contribution < 1.29 is 14.3 Å². The van der Waals surface area contributed by atoms with Gasteiger partial charge in [-0.2, -0.15) is 0 Å². The number of nitrogens with one attached hydrogen (secondary N) is 1. The van der Waals surface area contributed by atoms with Gasteiger partial charge in [-0.25, -0.2) is 4.79 Å². The number of anilines is 1. The van der Waals surface area contributed by atoms with Crippen LogP contribution in [-0.4, -0.2) is 11.3 Å². The highest BCUT2D eigenvalue weighted by Gasteiger charge is 2.02. The van der Waals surface area contributed by atoms with Crippen LogP contribution in [0.1, 0.15) is 6.92 Å². The zero-order valence-corrected chi connectivity index (χ0v) is 9.32. The Morgan fingerprint density at radius 3 is 2.81 bits per heavy atom. The van der Waals surface area contributed by atoms with Crippen molar-refractivity contribution in [3.63, 3.8) is 0 Å². The third-order valence-corrected chi connectivity index (χ3v) is 1.69. The van der Waals surface area contributed by atoms with E-state index >= 15 is 0 Å². The quantitative estimate of drug-likeness (QED) is 0.652. The Labute approximate surface area is 97.9 Å². The maximum absolute atomic E-state index is 11.2. The first-order chi connectivity index (χ1) is 7.61. The summed E-state index contributed by atoms with van der Waals surface area (Å²) in [6, 6.07) is 6.38. The summed E-state index contributed by atoms with van der Waals surface area (Å²) in [5.74, 6) is 0.0233. The van der Waals surface area contributed by atoms with Gasteiger partial charge < -0.3 is 10.1 Å². The minimum absolute atomic E-state index is 0.253. The van der Waals surface area contributed by atoms with Crippen LogP contribution in [0.4, 0.5) is 10.5 Å². The van der Waals surface area contributed by atoms with Crippen LogP contribution >= 0.6 is 11.6 Å². The van der Waals surface area contributed by atoms with E-state index in [4.69, 9.17) is 11.6 Å². The molecule has 1 rings (SSSR count). The number of allylic oxidation sites excluding steroid dienone is 1. The number of hydrogen-bond acceptors (Lipinski definition) is 3. The molecule has 1 aromatic carbocycles. The number of halogens is 1. The molecule has 4 nitrogen and oxygen atoms in total. The van der Waals surface area contributed by atoms with Crippen LogP contribution in [-0.2, 0) is 4.79 Å². The lowest BCUT2D eigenvalue weighted by Gasteiger charge is -2.04. The number of rotatable bonds is 3. The number of hydrogen-bond donors (Lipinski definition) is 1. The van der Waals surface area contributed by atoms with Crippen LogP contribution in [0.15, 0.2) is 36.4 Å². The van der Waals surface area contributed by atoms with E-state index < -0.39 is 5.43 Å². The van der Waals surface area contributed by atoms with Crippen LogP contribution < -0.4 is 10.1 Å². The molecule has 0 aliphatic carbocycles. The van der Waals surface area contributed by atoms with Crippen molar-refractivity contribution in [2.75, 3.05) is 5.32 Å². The molecular weight excluding hydrogens is 230 g/mol. The summed E-state index contributed by atoms with van der Waals surface area (Å²) in [6.45, 7) is 1.74. The van der Waals surface area contributed by atoms with E-state index in [0.717, 1.165) is 0 Å². The van der Waals surface area contributed by atoms with Gasteiger partial charge in [0, 0.05) is 23.4 Å². The third-order valence-electron chi connectivity index (χ3n) is 1.62. The fourth-order valence-corrected chi connectivity index (χ4v) is 1.15. The van der Waals surface area contributed by atoms with E-state index in [2.05, 4.69) is 10.1 Å². The van der Waals surface area contributed by atoms with Crippen molar-refractivity contribution in [1.82, 2.24) is 0 Å². The Balaban J connectivity index is 2.74. The normalized spacial score (nSPS) is 10.1. The third kappa shape index (κ3) is 4.14. The Hall–Kier alpha value is -1.81. The van der Waals surface area contributed by atoms with E-state index in [1.807, 2.05) is 0 Å². The highest BCUT2D eigenvalue weighted by atomic mass is 35.5. The van der Waals surface area contributed by atoms with E-state index in [-0.39, 0.29) is 11.7 Å². The molecule has 1 amide bonds. The molecule has 0 saturated carbocycles. The van der Waals surface area contributed by atoms with Gasteiger partial charge in [-0.15, -0.1) is 0 Å². The van der Waals surface area contributed by atoms with Gasteiger partial charge in [-0.3, -0.25) is 4.79 Å². The molecule has 0 atom stereocenters. The maximum atomic E-state index is 11.2. The molecule has 16 heavy (non-hydrogen) atoms. The van der Waals surface area contributed by atoms with Crippen LogP contribution in [0.25, 0.3) is 0 Å². The number of carbonyl (C=O) groups excluding carboxylic acids is 2. The summed E-state index contributed by atoms with van der Waals surface area (Å²) in [5, 5.41) is 2.60. The summed E-state index contributed by atoms with van der Waals surface area (Å²) in [4.78, 5) is 21.7. The zero-order chi connectivity index (χ0) is 12.0. The smallest absolute Gasteiger partial charge is 0.409 e. The fraction of sp³-hybridized carbons (Fsp3) is 0.0909. The van der Waals surface area contributed by atoms with Crippen molar-refractivity contribution in [3.05, 3.63) is 36.4 Å². The summed E-state index contributed by atoms with van der Waals surface area (Å²) < 4.78 is 4.65. The molecule has 0 fully saturated rings. The van der Waals surface area contributed by atoms with Gasteiger partial charge in [-0.05, 0) is 25.1 Å². The monoisotopic (exact) mass is 239 g/mol. The maximum Gasteiger partial charge on any atom is 0.409 e. The minimum Gasteiger partial charge on any atom is -0.414 e. The average Bonchev–Trinajstić information content (AvgIpc) is 2.17. The van der Waals surface area contributed by atoms with Gasteiger partial charge in [0.2, 0.25) is 5.91 Å². The number of carbonyl (C=O) groups is 2. The van der Waals surface area contributed by atoms with Crippen molar-refractivity contribution in [2.24, 2.45) is 0 Å². The molecule has 1 aromatic rings. The lowest BCUT2D eigenvalue weighted by atomic mass is 10.3. The van der Waals surface area contributed by atoms with Crippen molar-refractivity contribution in [3.8, 4) is 5.75 Å². The molecule has 0 heterocycles. The molecule has 0 bridgehead atoms. The molecule has 0 spiro atoms. The van der Waals surface area contributed by atoms with E-state index in [0.29, 0.717) is 5.69 Å². The SMILES string of the molecule is C/C=C/C(=O)Nc1cccc(OC(=O)Cl)c1. The van der Waals surface area contributed by atoms with Crippen LogP contribution in [0.2, 0.25) is 0 Å².